The highest BCUT2D eigenvalue weighted by molar-refractivity contribution is 5.19. The SMILES string of the molecule is Cc1[nH]ncc1CNCc1ccc(C#N)o1. The Kier molecular flexibility index (Phi) is 3.03. The molecule has 0 amide bonds. The Balaban J connectivity index is 1.85. The zero-order valence-electron chi connectivity index (χ0n) is 8.95. The van der Waals surface area contributed by atoms with Gasteiger partial charge in [0.1, 0.15) is 11.8 Å². The molecule has 2 rings (SSSR count). The summed E-state index contributed by atoms with van der Waals surface area (Å²) in [4.78, 5) is 0. The summed E-state index contributed by atoms with van der Waals surface area (Å²) in [5.41, 5.74) is 2.19. The van der Waals surface area contributed by atoms with Crippen molar-refractivity contribution in [2.24, 2.45) is 0 Å². The molecule has 5 heteroatoms. The number of rotatable bonds is 4. The van der Waals surface area contributed by atoms with Crippen LogP contribution in [0.25, 0.3) is 0 Å². The van der Waals surface area contributed by atoms with Crippen LogP contribution in [0.5, 0.6) is 0 Å². The molecule has 0 aliphatic rings. The van der Waals surface area contributed by atoms with Crippen molar-refractivity contribution in [1.82, 2.24) is 15.5 Å². The molecule has 0 spiro atoms. The second-order valence-electron chi connectivity index (χ2n) is 3.50. The summed E-state index contributed by atoms with van der Waals surface area (Å²) >= 11 is 0. The van der Waals surface area contributed by atoms with Crippen molar-refractivity contribution < 1.29 is 4.42 Å². The van der Waals surface area contributed by atoms with Crippen LogP contribution in [0.15, 0.2) is 22.7 Å². The molecule has 0 saturated carbocycles. The van der Waals surface area contributed by atoms with Gasteiger partial charge in [0.2, 0.25) is 5.76 Å². The van der Waals surface area contributed by atoms with Crippen molar-refractivity contribution in [2.45, 2.75) is 20.0 Å². The predicted octanol–water partition coefficient (Wildman–Crippen LogP) is 1.47. The van der Waals surface area contributed by atoms with Gasteiger partial charge in [-0.3, -0.25) is 5.10 Å². The van der Waals surface area contributed by atoms with E-state index in [9.17, 15) is 0 Å². The first-order valence-corrected chi connectivity index (χ1v) is 4.98. The number of H-pyrrole nitrogens is 1. The summed E-state index contributed by atoms with van der Waals surface area (Å²) in [5, 5.41) is 18.6. The third kappa shape index (κ3) is 2.30. The van der Waals surface area contributed by atoms with E-state index < -0.39 is 0 Å². The smallest absolute Gasteiger partial charge is 0.203 e. The second kappa shape index (κ2) is 4.64. The average Bonchev–Trinajstić information content (AvgIpc) is 2.89. The average molecular weight is 216 g/mol. The van der Waals surface area contributed by atoms with Gasteiger partial charge in [0.05, 0.1) is 12.7 Å². The van der Waals surface area contributed by atoms with E-state index in [1.54, 1.807) is 18.3 Å². The van der Waals surface area contributed by atoms with E-state index >= 15 is 0 Å². The van der Waals surface area contributed by atoms with E-state index in [0.29, 0.717) is 12.3 Å². The minimum Gasteiger partial charge on any atom is -0.449 e. The standard InChI is InChI=1S/C11H12N4O/c1-8-9(6-14-15-8)5-13-7-11-3-2-10(4-12)16-11/h2-3,6,13H,5,7H2,1H3,(H,14,15). The summed E-state index contributed by atoms with van der Waals surface area (Å²) in [6, 6.07) is 5.42. The van der Waals surface area contributed by atoms with Gasteiger partial charge in [0.25, 0.3) is 0 Å². The van der Waals surface area contributed by atoms with E-state index in [1.807, 2.05) is 13.0 Å². The van der Waals surface area contributed by atoms with Gasteiger partial charge in [-0.05, 0) is 19.1 Å². The highest BCUT2D eigenvalue weighted by Crippen LogP contribution is 2.07. The first-order valence-electron chi connectivity index (χ1n) is 4.98. The maximum Gasteiger partial charge on any atom is 0.203 e. The maximum atomic E-state index is 8.59. The van der Waals surface area contributed by atoms with E-state index in [0.717, 1.165) is 23.6 Å². The van der Waals surface area contributed by atoms with Crippen LogP contribution in [0.3, 0.4) is 0 Å². The summed E-state index contributed by atoms with van der Waals surface area (Å²) < 4.78 is 5.24. The number of nitrogens with zero attached hydrogens (tertiary/aromatic N) is 2. The zero-order chi connectivity index (χ0) is 11.4. The fourth-order valence-corrected chi connectivity index (χ4v) is 1.41. The Hall–Kier alpha value is -2.06. The van der Waals surface area contributed by atoms with Crippen LogP contribution in [0, 0.1) is 18.3 Å². The second-order valence-corrected chi connectivity index (χ2v) is 3.50. The molecule has 2 heterocycles. The van der Waals surface area contributed by atoms with E-state index in [1.165, 1.54) is 0 Å². The third-order valence-electron chi connectivity index (χ3n) is 2.32. The van der Waals surface area contributed by atoms with Crippen LogP contribution in [0.4, 0.5) is 0 Å². The quantitative estimate of drug-likeness (QED) is 0.811. The highest BCUT2D eigenvalue weighted by Gasteiger charge is 2.02. The number of aryl methyl sites for hydroxylation is 1. The molecular weight excluding hydrogens is 204 g/mol. The Labute approximate surface area is 93.1 Å². The van der Waals surface area contributed by atoms with Crippen molar-refractivity contribution in [2.75, 3.05) is 0 Å². The summed E-state index contributed by atoms with van der Waals surface area (Å²) in [7, 11) is 0. The van der Waals surface area contributed by atoms with Gasteiger partial charge < -0.3 is 9.73 Å². The number of furan rings is 1. The van der Waals surface area contributed by atoms with Crippen molar-refractivity contribution in [1.29, 1.82) is 5.26 Å². The van der Waals surface area contributed by atoms with Gasteiger partial charge in [-0.15, -0.1) is 0 Å². The number of hydrogen-bond donors (Lipinski definition) is 2. The van der Waals surface area contributed by atoms with Crippen molar-refractivity contribution in [3.63, 3.8) is 0 Å². The molecule has 16 heavy (non-hydrogen) atoms. The van der Waals surface area contributed by atoms with E-state index in [-0.39, 0.29) is 0 Å². The van der Waals surface area contributed by atoms with Gasteiger partial charge in [0.15, 0.2) is 0 Å². The van der Waals surface area contributed by atoms with Crippen LogP contribution in [-0.2, 0) is 13.1 Å². The number of aromatic amines is 1. The first kappa shape index (κ1) is 10.5. The molecule has 0 bridgehead atoms. The lowest BCUT2D eigenvalue weighted by atomic mass is 10.2. The Morgan fingerprint density at radius 3 is 3.00 bits per heavy atom. The monoisotopic (exact) mass is 216 g/mol. The van der Waals surface area contributed by atoms with Crippen LogP contribution in [0.1, 0.15) is 22.8 Å². The summed E-state index contributed by atoms with van der Waals surface area (Å²) in [6.07, 6.45) is 1.80. The largest absolute Gasteiger partial charge is 0.449 e. The van der Waals surface area contributed by atoms with Crippen LogP contribution in [-0.4, -0.2) is 10.2 Å². The first-order chi connectivity index (χ1) is 7.79. The Bertz CT molecular complexity index is 506. The predicted molar refractivity (Wildman–Crippen MR) is 57.3 cm³/mol. The van der Waals surface area contributed by atoms with Gasteiger partial charge in [-0.2, -0.15) is 10.4 Å². The fraction of sp³-hybridized carbons (Fsp3) is 0.273. The van der Waals surface area contributed by atoms with Gasteiger partial charge in [0, 0.05) is 17.8 Å². The summed E-state index contributed by atoms with van der Waals surface area (Å²) in [6.45, 7) is 3.31. The van der Waals surface area contributed by atoms with Crippen LogP contribution >= 0.6 is 0 Å². The van der Waals surface area contributed by atoms with Gasteiger partial charge in [-0.1, -0.05) is 0 Å². The normalized spacial score (nSPS) is 10.2. The van der Waals surface area contributed by atoms with Crippen LogP contribution < -0.4 is 5.32 Å². The lowest BCUT2D eigenvalue weighted by molar-refractivity contribution is 0.473. The van der Waals surface area contributed by atoms with Gasteiger partial charge in [-0.25, -0.2) is 0 Å². The number of nitriles is 1. The fourth-order valence-electron chi connectivity index (χ4n) is 1.41. The molecule has 0 unspecified atom stereocenters. The molecule has 82 valence electrons. The number of hydrogen-bond acceptors (Lipinski definition) is 4. The summed E-state index contributed by atoms with van der Waals surface area (Å²) in [5.74, 6) is 1.11. The molecule has 2 N–H and O–H groups in total. The van der Waals surface area contributed by atoms with Crippen LogP contribution in [0.2, 0.25) is 0 Å². The van der Waals surface area contributed by atoms with Crippen molar-refractivity contribution in [3.05, 3.63) is 41.1 Å². The molecule has 2 aromatic rings. The minimum atomic E-state index is 0.344. The molecule has 0 aliphatic carbocycles. The minimum absolute atomic E-state index is 0.344. The number of aromatic nitrogens is 2. The zero-order valence-corrected chi connectivity index (χ0v) is 8.95. The number of nitrogens with one attached hydrogen (secondary N) is 2. The molecular formula is C11H12N4O. The van der Waals surface area contributed by atoms with Crippen molar-refractivity contribution >= 4 is 0 Å². The molecule has 0 fully saturated rings. The maximum absolute atomic E-state index is 8.59. The molecule has 5 nitrogen and oxygen atoms in total. The Morgan fingerprint density at radius 2 is 2.38 bits per heavy atom. The van der Waals surface area contributed by atoms with Gasteiger partial charge >= 0.3 is 0 Å². The molecule has 0 atom stereocenters. The molecule has 0 aromatic carbocycles. The Morgan fingerprint density at radius 1 is 1.50 bits per heavy atom. The lowest BCUT2D eigenvalue weighted by Crippen LogP contribution is -2.12. The topological polar surface area (TPSA) is 77.6 Å². The van der Waals surface area contributed by atoms with E-state index in [2.05, 4.69) is 15.5 Å². The highest BCUT2D eigenvalue weighted by atomic mass is 16.3. The van der Waals surface area contributed by atoms with Crippen molar-refractivity contribution in [3.8, 4) is 6.07 Å². The lowest BCUT2D eigenvalue weighted by Gasteiger charge is -2.00. The molecule has 2 aromatic heterocycles. The third-order valence-corrected chi connectivity index (χ3v) is 2.32. The molecule has 0 saturated heterocycles. The molecule has 0 radical (unpaired) electrons. The van der Waals surface area contributed by atoms with E-state index in [4.69, 9.17) is 9.68 Å². The molecule has 0 aliphatic heterocycles.